The molecule has 0 radical (unpaired) electrons. The lowest BCUT2D eigenvalue weighted by atomic mass is 9.93. The molecule has 1 aliphatic rings. The minimum atomic E-state index is -0.253. The van der Waals surface area contributed by atoms with E-state index in [1.807, 2.05) is 42.5 Å². The van der Waals surface area contributed by atoms with Gasteiger partial charge >= 0.3 is 0 Å². The van der Waals surface area contributed by atoms with Crippen LogP contribution in [0.4, 0.5) is 0 Å². The van der Waals surface area contributed by atoms with Crippen molar-refractivity contribution in [1.29, 1.82) is 10.7 Å². The second-order valence-electron chi connectivity index (χ2n) is 4.96. The third kappa shape index (κ3) is 2.32. The summed E-state index contributed by atoms with van der Waals surface area (Å²) in [5, 5.41) is 26.8. The lowest BCUT2D eigenvalue weighted by Gasteiger charge is -2.20. The first-order valence-electron chi connectivity index (χ1n) is 6.76. The van der Waals surface area contributed by atoms with Gasteiger partial charge in [-0.3, -0.25) is 5.41 Å². The average molecular weight is 278 g/mol. The summed E-state index contributed by atoms with van der Waals surface area (Å²) in [7, 11) is 0. The molecule has 0 aliphatic heterocycles. The third-order valence-electron chi connectivity index (χ3n) is 3.60. The molecule has 3 rings (SSSR count). The highest BCUT2D eigenvalue weighted by Gasteiger charge is 2.21. The van der Waals surface area contributed by atoms with Crippen LogP contribution in [0.15, 0.2) is 30.3 Å². The molecule has 0 bridgehead atoms. The van der Waals surface area contributed by atoms with Crippen LogP contribution in [0.25, 0.3) is 11.6 Å². The molecular formula is C16H14N4O. The maximum atomic E-state index is 10.1. The maximum absolute atomic E-state index is 10.1. The number of rotatable bonds is 1. The van der Waals surface area contributed by atoms with Crippen LogP contribution in [0.1, 0.15) is 35.5 Å². The normalized spacial score (nSPS) is 15.5. The van der Waals surface area contributed by atoms with E-state index in [1.54, 1.807) is 0 Å². The van der Waals surface area contributed by atoms with Gasteiger partial charge in [0.05, 0.1) is 11.4 Å². The first-order valence-corrected chi connectivity index (χ1v) is 6.76. The van der Waals surface area contributed by atoms with Crippen molar-refractivity contribution in [2.24, 2.45) is 0 Å². The number of allylic oxidation sites excluding steroid dienone is 1. The molecule has 0 saturated carbocycles. The van der Waals surface area contributed by atoms with Crippen molar-refractivity contribution in [2.75, 3.05) is 0 Å². The van der Waals surface area contributed by atoms with E-state index < -0.39 is 0 Å². The largest absolute Gasteiger partial charge is 0.427 e. The van der Waals surface area contributed by atoms with Crippen molar-refractivity contribution in [2.45, 2.75) is 19.3 Å². The minimum Gasteiger partial charge on any atom is -0.427 e. The molecule has 2 N–H and O–H groups in total. The predicted octanol–water partition coefficient (Wildman–Crippen LogP) is 2.35. The molecule has 5 heteroatoms. The summed E-state index contributed by atoms with van der Waals surface area (Å²) in [4.78, 5) is 4.27. The van der Waals surface area contributed by atoms with E-state index in [4.69, 9.17) is 10.7 Å². The molecule has 0 amide bonds. The molecular weight excluding hydrogens is 264 g/mol. The van der Waals surface area contributed by atoms with E-state index in [2.05, 4.69) is 4.98 Å². The Morgan fingerprint density at radius 3 is 2.76 bits per heavy atom. The van der Waals surface area contributed by atoms with Gasteiger partial charge in [-0.25, -0.2) is 4.98 Å². The number of fused-ring (bicyclic) bond motifs is 1. The molecule has 21 heavy (non-hydrogen) atoms. The second kappa shape index (κ2) is 5.25. The second-order valence-corrected chi connectivity index (χ2v) is 4.96. The molecule has 2 aromatic rings. The van der Waals surface area contributed by atoms with E-state index in [0.717, 1.165) is 28.7 Å². The predicted molar refractivity (Wildman–Crippen MR) is 77.2 cm³/mol. The van der Waals surface area contributed by atoms with Crippen LogP contribution in [0.5, 0.6) is 0 Å². The van der Waals surface area contributed by atoms with Crippen molar-refractivity contribution in [3.05, 3.63) is 58.5 Å². The topological polar surface area (TPSA) is 85.7 Å². The first-order chi connectivity index (χ1) is 10.2. The number of nitriles is 1. The monoisotopic (exact) mass is 278 g/mol. The van der Waals surface area contributed by atoms with Crippen molar-refractivity contribution in [1.82, 2.24) is 9.71 Å². The molecule has 0 atom stereocenters. The number of aromatic nitrogens is 2. The lowest BCUT2D eigenvalue weighted by molar-refractivity contribution is 0.157. The third-order valence-corrected chi connectivity index (χ3v) is 3.60. The number of nitrogens with one attached hydrogen (secondary N) is 1. The van der Waals surface area contributed by atoms with Gasteiger partial charge in [0.1, 0.15) is 6.07 Å². The summed E-state index contributed by atoms with van der Waals surface area (Å²) in [6.45, 7) is 0. The Kier molecular flexibility index (Phi) is 3.28. The van der Waals surface area contributed by atoms with Crippen LogP contribution < -0.4 is 5.49 Å². The van der Waals surface area contributed by atoms with Gasteiger partial charge in [0.15, 0.2) is 11.2 Å². The van der Waals surface area contributed by atoms with Crippen LogP contribution in [0.3, 0.4) is 0 Å². The van der Waals surface area contributed by atoms with Crippen molar-refractivity contribution in [3.8, 4) is 6.07 Å². The molecule has 0 unspecified atom stereocenters. The van der Waals surface area contributed by atoms with E-state index in [-0.39, 0.29) is 11.2 Å². The van der Waals surface area contributed by atoms with Crippen molar-refractivity contribution < 1.29 is 5.21 Å². The Hall–Kier alpha value is -2.87. The molecule has 104 valence electrons. The van der Waals surface area contributed by atoms with E-state index in [0.29, 0.717) is 17.8 Å². The molecule has 1 aromatic heterocycles. The van der Waals surface area contributed by atoms with Crippen LogP contribution in [0, 0.1) is 16.7 Å². The Balaban J connectivity index is 2.19. The Morgan fingerprint density at radius 1 is 1.29 bits per heavy atom. The van der Waals surface area contributed by atoms with Gasteiger partial charge in [-0.2, -0.15) is 9.99 Å². The fourth-order valence-corrected chi connectivity index (χ4v) is 2.58. The van der Waals surface area contributed by atoms with Gasteiger partial charge in [-0.1, -0.05) is 30.3 Å². The summed E-state index contributed by atoms with van der Waals surface area (Å²) in [5.74, 6) is 0. The summed E-state index contributed by atoms with van der Waals surface area (Å²) in [6.07, 6.45) is 4.41. The van der Waals surface area contributed by atoms with Crippen LogP contribution in [-0.4, -0.2) is 14.9 Å². The van der Waals surface area contributed by atoms with Crippen LogP contribution >= 0.6 is 0 Å². The Bertz CT molecular complexity index is 813. The minimum absolute atomic E-state index is 0.0582. The zero-order valence-electron chi connectivity index (χ0n) is 11.4. The quantitative estimate of drug-likeness (QED) is 0.785. The average Bonchev–Trinajstić information content (AvgIpc) is 2.52. The number of benzene rings is 1. The zero-order chi connectivity index (χ0) is 14.8. The maximum Gasteiger partial charge on any atom is 0.197 e. The molecule has 5 nitrogen and oxygen atoms in total. The molecule has 1 heterocycles. The summed E-state index contributed by atoms with van der Waals surface area (Å²) in [5.41, 5.74) is 2.96. The fraction of sp³-hybridized carbons (Fsp3) is 0.188. The SMILES string of the molecule is N#Cc1nc2c(n(O)c1=N)CCC/C2=C/c1ccccc1. The fourth-order valence-electron chi connectivity index (χ4n) is 2.58. The standard InChI is InChI=1S/C16H14N4O/c17-10-13-16(18)20(21)14-8-4-7-12(15(14)19-13)9-11-5-2-1-3-6-11/h1-3,5-6,9,18,21H,4,7-8H2/b12-9-,18-16?. The van der Waals surface area contributed by atoms with Gasteiger partial charge in [0.25, 0.3) is 0 Å². The van der Waals surface area contributed by atoms with Gasteiger partial charge in [0.2, 0.25) is 0 Å². The van der Waals surface area contributed by atoms with Gasteiger partial charge in [0, 0.05) is 0 Å². The van der Waals surface area contributed by atoms with Gasteiger partial charge in [-0.15, -0.1) is 0 Å². The number of hydrogen-bond acceptors (Lipinski definition) is 4. The Labute approximate surface area is 121 Å². The molecule has 0 saturated heterocycles. The first kappa shape index (κ1) is 13.1. The number of nitrogens with zero attached hydrogens (tertiary/aromatic N) is 3. The van der Waals surface area contributed by atoms with E-state index in [9.17, 15) is 5.21 Å². The summed E-state index contributed by atoms with van der Waals surface area (Å²) >= 11 is 0. The van der Waals surface area contributed by atoms with Crippen LogP contribution in [0.2, 0.25) is 0 Å². The Morgan fingerprint density at radius 2 is 2.05 bits per heavy atom. The van der Waals surface area contributed by atoms with E-state index >= 15 is 0 Å². The molecule has 1 aromatic carbocycles. The highest BCUT2D eigenvalue weighted by Crippen LogP contribution is 2.30. The van der Waals surface area contributed by atoms with E-state index in [1.165, 1.54) is 0 Å². The van der Waals surface area contributed by atoms with Crippen molar-refractivity contribution in [3.63, 3.8) is 0 Å². The van der Waals surface area contributed by atoms with Gasteiger partial charge < -0.3 is 5.21 Å². The summed E-state index contributed by atoms with van der Waals surface area (Å²) in [6, 6.07) is 11.7. The van der Waals surface area contributed by atoms with Crippen LogP contribution in [-0.2, 0) is 6.42 Å². The molecule has 1 aliphatic carbocycles. The smallest absolute Gasteiger partial charge is 0.197 e. The highest BCUT2D eigenvalue weighted by molar-refractivity contribution is 5.81. The summed E-state index contributed by atoms with van der Waals surface area (Å²) < 4.78 is 0.791. The number of hydrogen-bond donors (Lipinski definition) is 2. The van der Waals surface area contributed by atoms with Crippen molar-refractivity contribution >= 4 is 11.6 Å². The molecule has 0 fully saturated rings. The van der Waals surface area contributed by atoms with Gasteiger partial charge in [-0.05, 0) is 36.5 Å². The highest BCUT2D eigenvalue weighted by atomic mass is 16.5. The lowest BCUT2D eigenvalue weighted by Crippen LogP contribution is -2.29. The zero-order valence-corrected chi connectivity index (χ0v) is 11.4. The molecule has 0 spiro atoms.